The zero-order chi connectivity index (χ0) is 14.0. The van der Waals surface area contributed by atoms with E-state index in [1.165, 1.54) is 47.9 Å². The van der Waals surface area contributed by atoms with Crippen LogP contribution in [0.4, 0.5) is 0 Å². The van der Waals surface area contributed by atoms with Crippen LogP contribution in [0.15, 0.2) is 12.1 Å². The Bertz CT molecular complexity index is 436. The van der Waals surface area contributed by atoms with Crippen molar-refractivity contribution in [2.24, 2.45) is 5.92 Å². The molecule has 1 nitrogen and oxygen atoms in total. The van der Waals surface area contributed by atoms with Gasteiger partial charge in [0.1, 0.15) is 0 Å². The smallest absolute Gasteiger partial charge is 0.0297 e. The molecule has 0 amide bonds. The van der Waals surface area contributed by atoms with Crippen molar-refractivity contribution in [3.8, 4) is 0 Å². The highest BCUT2D eigenvalue weighted by atomic mass is 14.9. The van der Waals surface area contributed by atoms with Crippen LogP contribution >= 0.6 is 0 Å². The van der Waals surface area contributed by atoms with Crippen molar-refractivity contribution >= 4 is 0 Å². The summed E-state index contributed by atoms with van der Waals surface area (Å²) >= 11 is 0. The fraction of sp³-hybridized carbons (Fsp3) is 0.667. The highest BCUT2D eigenvalue weighted by molar-refractivity contribution is 5.38. The molecule has 1 saturated carbocycles. The lowest BCUT2D eigenvalue weighted by Crippen LogP contribution is -2.35. The number of rotatable bonds is 3. The summed E-state index contributed by atoms with van der Waals surface area (Å²) in [6.45, 7) is 11.4. The number of benzene rings is 1. The summed E-state index contributed by atoms with van der Waals surface area (Å²) in [5, 5.41) is 3.85. The van der Waals surface area contributed by atoms with E-state index < -0.39 is 0 Å². The summed E-state index contributed by atoms with van der Waals surface area (Å²) in [6, 6.07) is 5.87. The number of hydrogen-bond donors (Lipinski definition) is 1. The molecule has 106 valence electrons. The monoisotopic (exact) mass is 259 g/mol. The third-order valence-electron chi connectivity index (χ3n) is 4.77. The van der Waals surface area contributed by atoms with Gasteiger partial charge in [0.15, 0.2) is 0 Å². The van der Waals surface area contributed by atoms with Gasteiger partial charge in [-0.15, -0.1) is 0 Å². The molecule has 1 heteroatoms. The lowest BCUT2D eigenvalue weighted by atomic mass is 9.86. The maximum atomic E-state index is 3.85. The van der Waals surface area contributed by atoms with Gasteiger partial charge in [0.25, 0.3) is 0 Å². The fourth-order valence-electron chi connectivity index (χ4n) is 3.48. The van der Waals surface area contributed by atoms with Gasteiger partial charge in [-0.05, 0) is 68.7 Å². The van der Waals surface area contributed by atoms with E-state index in [2.05, 4.69) is 52.1 Å². The van der Waals surface area contributed by atoms with Gasteiger partial charge in [0.05, 0.1) is 0 Å². The first-order valence-electron chi connectivity index (χ1n) is 7.81. The standard InChI is InChI=1S/C18H29N/c1-12-7-6-8-17(9-12)19-16(5)18-11-14(3)13(2)10-15(18)4/h10-12,16-17,19H,6-9H2,1-5H3. The van der Waals surface area contributed by atoms with Gasteiger partial charge in [-0.2, -0.15) is 0 Å². The highest BCUT2D eigenvalue weighted by Gasteiger charge is 2.21. The average molecular weight is 259 g/mol. The maximum absolute atomic E-state index is 3.85. The van der Waals surface area contributed by atoms with Crippen LogP contribution in [0.2, 0.25) is 0 Å². The van der Waals surface area contributed by atoms with Crippen LogP contribution in [0, 0.1) is 26.7 Å². The Morgan fingerprint density at radius 3 is 2.42 bits per heavy atom. The molecule has 1 aromatic carbocycles. The molecule has 1 aliphatic rings. The first-order chi connectivity index (χ1) is 8.97. The Labute approximate surface area is 118 Å². The van der Waals surface area contributed by atoms with Gasteiger partial charge in [0.2, 0.25) is 0 Å². The third kappa shape index (κ3) is 3.60. The molecule has 2 rings (SSSR count). The van der Waals surface area contributed by atoms with E-state index in [1.54, 1.807) is 0 Å². The van der Waals surface area contributed by atoms with Gasteiger partial charge in [-0.3, -0.25) is 0 Å². The second kappa shape index (κ2) is 6.09. The summed E-state index contributed by atoms with van der Waals surface area (Å²) in [7, 11) is 0. The largest absolute Gasteiger partial charge is 0.307 e. The first kappa shape index (κ1) is 14.6. The lowest BCUT2D eigenvalue weighted by molar-refractivity contribution is 0.285. The predicted molar refractivity (Wildman–Crippen MR) is 83.6 cm³/mol. The molecule has 0 aliphatic heterocycles. The van der Waals surface area contributed by atoms with E-state index in [9.17, 15) is 0 Å². The summed E-state index contributed by atoms with van der Waals surface area (Å²) in [5.41, 5.74) is 5.71. The lowest BCUT2D eigenvalue weighted by Gasteiger charge is -2.31. The number of aryl methyl sites for hydroxylation is 3. The molecule has 0 heterocycles. The zero-order valence-electron chi connectivity index (χ0n) is 13.2. The summed E-state index contributed by atoms with van der Waals surface area (Å²) < 4.78 is 0. The van der Waals surface area contributed by atoms with Crippen molar-refractivity contribution < 1.29 is 0 Å². The van der Waals surface area contributed by atoms with Gasteiger partial charge >= 0.3 is 0 Å². The molecule has 1 fully saturated rings. The molecule has 3 atom stereocenters. The van der Waals surface area contributed by atoms with Crippen molar-refractivity contribution in [2.75, 3.05) is 0 Å². The van der Waals surface area contributed by atoms with Crippen LogP contribution in [0.3, 0.4) is 0 Å². The van der Waals surface area contributed by atoms with Crippen LogP contribution < -0.4 is 5.32 Å². The molecule has 0 saturated heterocycles. The van der Waals surface area contributed by atoms with E-state index in [1.807, 2.05) is 0 Å². The van der Waals surface area contributed by atoms with Gasteiger partial charge in [0, 0.05) is 12.1 Å². The van der Waals surface area contributed by atoms with Crippen molar-refractivity contribution in [3.63, 3.8) is 0 Å². The minimum atomic E-state index is 0.467. The molecule has 19 heavy (non-hydrogen) atoms. The van der Waals surface area contributed by atoms with E-state index in [0.29, 0.717) is 12.1 Å². The maximum Gasteiger partial charge on any atom is 0.0297 e. The Hall–Kier alpha value is -0.820. The van der Waals surface area contributed by atoms with Gasteiger partial charge in [-0.25, -0.2) is 0 Å². The fourth-order valence-corrected chi connectivity index (χ4v) is 3.48. The van der Waals surface area contributed by atoms with E-state index in [-0.39, 0.29) is 0 Å². The predicted octanol–water partition coefficient (Wildman–Crippen LogP) is 4.84. The molecule has 0 radical (unpaired) electrons. The molecule has 0 aromatic heterocycles. The number of nitrogens with one attached hydrogen (secondary N) is 1. The highest BCUT2D eigenvalue weighted by Crippen LogP contribution is 2.27. The first-order valence-corrected chi connectivity index (χ1v) is 7.81. The van der Waals surface area contributed by atoms with E-state index in [0.717, 1.165) is 5.92 Å². The summed E-state index contributed by atoms with van der Waals surface area (Å²) in [5.74, 6) is 0.888. The van der Waals surface area contributed by atoms with Gasteiger partial charge in [-0.1, -0.05) is 31.9 Å². The Morgan fingerprint density at radius 1 is 1.05 bits per heavy atom. The minimum Gasteiger partial charge on any atom is -0.307 e. The van der Waals surface area contributed by atoms with Crippen LogP contribution in [-0.4, -0.2) is 6.04 Å². The van der Waals surface area contributed by atoms with Crippen molar-refractivity contribution in [1.82, 2.24) is 5.32 Å². The molecule has 3 unspecified atom stereocenters. The van der Waals surface area contributed by atoms with Crippen LogP contribution in [0.25, 0.3) is 0 Å². The minimum absolute atomic E-state index is 0.467. The van der Waals surface area contributed by atoms with Crippen molar-refractivity contribution in [3.05, 3.63) is 34.4 Å². The summed E-state index contributed by atoms with van der Waals surface area (Å²) in [4.78, 5) is 0. The second-order valence-corrected chi connectivity index (χ2v) is 6.65. The molecule has 1 N–H and O–H groups in total. The van der Waals surface area contributed by atoms with Crippen LogP contribution in [0.1, 0.15) is 67.8 Å². The van der Waals surface area contributed by atoms with Crippen molar-refractivity contribution in [2.45, 2.75) is 72.4 Å². The second-order valence-electron chi connectivity index (χ2n) is 6.65. The van der Waals surface area contributed by atoms with Crippen LogP contribution in [-0.2, 0) is 0 Å². The SMILES string of the molecule is Cc1cc(C)c(C(C)NC2CCCC(C)C2)cc1C. The Balaban J connectivity index is 2.07. The molecular formula is C18H29N. The van der Waals surface area contributed by atoms with E-state index >= 15 is 0 Å². The summed E-state index contributed by atoms with van der Waals surface area (Å²) in [6.07, 6.45) is 5.49. The molecule has 0 bridgehead atoms. The topological polar surface area (TPSA) is 12.0 Å². The van der Waals surface area contributed by atoms with Crippen LogP contribution in [0.5, 0.6) is 0 Å². The Kier molecular flexibility index (Phi) is 4.67. The molecular weight excluding hydrogens is 230 g/mol. The zero-order valence-corrected chi connectivity index (χ0v) is 13.2. The third-order valence-corrected chi connectivity index (χ3v) is 4.77. The molecule has 0 spiro atoms. The van der Waals surface area contributed by atoms with Gasteiger partial charge < -0.3 is 5.32 Å². The number of hydrogen-bond acceptors (Lipinski definition) is 1. The van der Waals surface area contributed by atoms with E-state index in [4.69, 9.17) is 0 Å². The quantitative estimate of drug-likeness (QED) is 0.819. The molecule has 1 aliphatic carbocycles. The Morgan fingerprint density at radius 2 is 1.74 bits per heavy atom. The normalized spacial score (nSPS) is 25.3. The van der Waals surface area contributed by atoms with Crippen molar-refractivity contribution in [1.29, 1.82) is 0 Å². The molecule has 1 aromatic rings. The average Bonchev–Trinajstić information content (AvgIpc) is 2.33.